The minimum atomic E-state index is 0.443. The molecule has 3 rings (SSSR count). The van der Waals surface area contributed by atoms with E-state index in [1.54, 1.807) is 18.5 Å². The monoisotopic (exact) mass is 244 g/mol. The molecule has 0 fully saturated rings. The van der Waals surface area contributed by atoms with Gasteiger partial charge in [-0.3, -0.25) is 0 Å². The maximum absolute atomic E-state index is 5.67. The zero-order valence-electron chi connectivity index (χ0n) is 9.79. The van der Waals surface area contributed by atoms with Gasteiger partial charge in [0.05, 0.1) is 6.54 Å². The number of aryl methyl sites for hydroxylation is 1. The van der Waals surface area contributed by atoms with Gasteiger partial charge in [-0.05, 0) is 12.1 Å². The summed E-state index contributed by atoms with van der Waals surface area (Å²) in [4.78, 5) is 4.29. The first kappa shape index (κ1) is 10.6. The van der Waals surface area contributed by atoms with Crippen molar-refractivity contribution >= 4 is 22.8 Å². The molecule has 92 valence electrons. The number of oxazole rings is 1. The summed E-state index contributed by atoms with van der Waals surface area (Å²) < 4.78 is 7.35. The number of benzene rings is 1. The fourth-order valence-electron chi connectivity index (χ4n) is 1.64. The number of nitrogens with one attached hydrogen (secondary N) is 1. The highest BCUT2D eigenvalue weighted by atomic mass is 16.4. The maximum Gasteiger partial charge on any atom is 0.296 e. The smallest absolute Gasteiger partial charge is 0.296 e. The van der Waals surface area contributed by atoms with Crippen molar-refractivity contribution in [2.75, 3.05) is 11.1 Å². The molecule has 0 aliphatic heterocycles. The van der Waals surface area contributed by atoms with Crippen molar-refractivity contribution in [3.63, 3.8) is 0 Å². The lowest BCUT2D eigenvalue weighted by molar-refractivity contribution is 0.611. The molecule has 0 radical (unpaired) electrons. The third-order valence-electron chi connectivity index (χ3n) is 2.62. The zero-order valence-corrected chi connectivity index (χ0v) is 9.79. The second-order valence-electron chi connectivity index (χ2n) is 3.96. The lowest BCUT2D eigenvalue weighted by atomic mass is 10.3. The molecule has 0 bridgehead atoms. The van der Waals surface area contributed by atoms with Crippen molar-refractivity contribution in [3.05, 3.63) is 30.4 Å². The quantitative estimate of drug-likeness (QED) is 0.671. The van der Waals surface area contributed by atoms with E-state index >= 15 is 0 Å². The van der Waals surface area contributed by atoms with Gasteiger partial charge in [0.1, 0.15) is 11.8 Å². The van der Waals surface area contributed by atoms with Gasteiger partial charge in [0.15, 0.2) is 11.4 Å². The Kier molecular flexibility index (Phi) is 2.36. The average molecular weight is 244 g/mol. The number of nitrogens with two attached hydrogens (primary N) is 1. The van der Waals surface area contributed by atoms with Gasteiger partial charge in [-0.1, -0.05) is 0 Å². The third kappa shape index (κ3) is 1.86. The second-order valence-corrected chi connectivity index (χ2v) is 3.96. The highest BCUT2D eigenvalue weighted by Gasteiger charge is 2.07. The second kappa shape index (κ2) is 4.02. The van der Waals surface area contributed by atoms with Crippen molar-refractivity contribution in [2.24, 2.45) is 7.05 Å². The Balaban J connectivity index is 1.81. The molecule has 3 aromatic rings. The molecular weight excluding hydrogens is 232 g/mol. The minimum absolute atomic E-state index is 0.443. The first-order valence-electron chi connectivity index (χ1n) is 5.45. The Hall–Kier alpha value is -2.57. The molecule has 2 heterocycles. The normalized spacial score (nSPS) is 10.9. The van der Waals surface area contributed by atoms with Gasteiger partial charge in [-0.2, -0.15) is 4.98 Å². The largest absolute Gasteiger partial charge is 0.423 e. The van der Waals surface area contributed by atoms with E-state index in [0.717, 1.165) is 11.3 Å². The highest BCUT2D eigenvalue weighted by molar-refractivity contribution is 5.77. The predicted octanol–water partition coefficient (Wildman–Crippen LogP) is 1.15. The summed E-state index contributed by atoms with van der Waals surface area (Å²) >= 11 is 0. The molecule has 7 heteroatoms. The van der Waals surface area contributed by atoms with Crippen LogP contribution in [0.25, 0.3) is 11.1 Å². The van der Waals surface area contributed by atoms with Crippen LogP contribution in [0.5, 0.6) is 0 Å². The number of nitrogen functional groups attached to an aromatic ring is 1. The van der Waals surface area contributed by atoms with E-state index in [1.165, 1.54) is 0 Å². The Morgan fingerprint density at radius 2 is 2.33 bits per heavy atom. The predicted molar refractivity (Wildman–Crippen MR) is 66.8 cm³/mol. The molecule has 2 aromatic heterocycles. The molecular formula is C11H12N6O. The molecule has 7 nitrogen and oxygen atoms in total. The molecule has 0 atom stereocenters. The van der Waals surface area contributed by atoms with Crippen LogP contribution in [0.2, 0.25) is 0 Å². The van der Waals surface area contributed by atoms with Crippen molar-refractivity contribution in [3.8, 4) is 0 Å². The van der Waals surface area contributed by atoms with Gasteiger partial charge < -0.3 is 20.0 Å². The highest BCUT2D eigenvalue weighted by Crippen LogP contribution is 2.21. The van der Waals surface area contributed by atoms with Crippen LogP contribution in [-0.4, -0.2) is 19.7 Å². The number of nitrogens with zero attached hydrogens (tertiary/aromatic N) is 4. The van der Waals surface area contributed by atoms with Gasteiger partial charge in [-0.15, -0.1) is 10.2 Å². The Morgan fingerprint density at radius 1 is 1.44 bits per heavy atom. The fourth-order valence-corrected chi connectivity index (χ4v) is 1.64. The number of aromatic nitrogens is 4. The van der Waals surface area contributed by atoms with Gasteiger partial charge in [0, 0.05) is 18.8 Å². The van der Waals surface area contributed by atoms with E-state index in [9.17, 15) is 0 Å². The van der Waals surface area contributed by atoms with Crippen molar-refractivity contribution < 1.29 is 4.42 Å². The lowest BCUT2D eigenvalue weighted by Crippen LogP contribution is -2.05. The molecule has 0 saturated carbocycles. The molecule has 3 N–H and O–H groups in total. The van der Waals surface area contributed by atoms with Gasteiger partial charge in [0.2, 0.25) is 0 Å². The standard InChI is InChI=1S/C11H12N6O/c1-17-6-14-16-10(17)5-13-11-15-8-3-2-7(12)4-9(8)18-11/h2-4,6H,5,12H2,1H3,(H,13,15). The van der Waals surface area contributed by atoms with E-state index in [0.29, 0.717) is 23.8 Å². The van der Waals surface area contributed by atoms with Crippen molar-refractivity contribution in [2.45, 2.75) is 6.54 Å². The molecule has 0 aliphatic carbocycles. The SMILES string of the molecule is Cn1cnnc1CNc1nc2ccc(N)cc2o1. The molecule has 1 aromatic carbocycles. The first-order chi connectivity index (χ1) is 8.72. The van der Waals surface area contributed by atoms with Crippen LogP contribution in [0, 0.1) is 0 Å². The summed E-state index contributed by atoms with van der Waals surface area (Å²) in [5, 5.41) is 10.8. The molecule has 0 unspecified atom stereocenters. The van der Waals surface area contributed by atoms with Crippen LogP contribution >= 0.6 is 0 Å². The third-order valence-corrected chi connectivity index (χ3v) is 2.62. The van der Waals surface area contributed by atoms with E-state index in [4.69, 9.17) is 10.2 Å². The number of rotatable bonds is 3. The Bertz CT molecular complexity index is 686. The minimum Gasteiger partial charge on any atom is -0.423 e. The fraction of sp³-hybridized carbons (Fsp3) is 0.182. The van der Waals surface area contributed by atoms with E-state index in [-0.39, 0.29) is 0 Å². The van der Waals surface area contributed by atoms with E-state index < -0.39 is 0 Å². The van der Waals surface area contributed by atoms with Gasteiger partial charge in [0.25, 0.3) is 6.01 Å². The molecule has 0 spiro atoms. The number of hydrogen-bond donors (Lipinski definition) is 2. The van der Waals surface area contributed by atoms with Crippen molar-refractivity contribution in [1.82, 2.24) is 19.7 Å². The van der Waals surface area contributed by atoms with Gasteiger partial charge in [-0.25, -0.2) is 0 Å². The number of hydrogen-bond acceptors (Lipinski definition) is 6. The Labute approximate surface area is 103 Å². The summed E-state index contributed by atoms with van der Waals surface area (Å²) in [7, 11) is 1.88. The van der Waals surface area contributed by atoms with Crippen LogP contribution in [0.4, 0.5) is 11.7 Å². The molecule has 0 aliphatic rings. The van der Waals surface area contributed by atoms with Crippen LogP contribution in [0.15, 0.2) is 28.9 Å². The molecule has 0 saturated heterocycles. The average Bonchev–Trinajstić information content (AvgIpc) is 2.92. The van der Waals surface area contributed by atoms with Crippen LogP contribution < -0.4 is 11.1 Å². The van der Waals surface area contributed by atoms with E-state index in [2.05, 4.69) is 20.5 Å². The van der Waals surface area contributed by atoms with Crippen molar-refractivity contribution in [1.29, 1.82) is 0 Å². The summed E-state index contributed by atoms with van der Waals surface area (Å²) in [6.07, 6.45) is 1.64. The lowest BCUT2D eigenvalue weighted by Gasteiger charge is -1.99. The molecule has 0 amide bonds. The Morgan fingerprint density at radius 3 is 3.11 bits per heavy atom. The first-order valence-corrected chi connectivity index (χ1v) is 5.45. The summed E-state index contributed by atoms with van der Waals surface area (Å²) in [5.41, 5.74) is 7.76. The van der Waals surface area contributed by atoms with Crippen LogP contribution in [0.3, 0.4) is 0 Å². The maximum atomic E-state index is 5.67. The zero-order chi connectivity index (χ0) is 12.5. The summed E-state index contributed by atoms with van der Waals surface area (Å²) in [5.74, 6) is 0.803. The topological polar surface area (TPSA) is 94.8 Å². The number of fused-ring (bicyclic) bond motifs is 1. The van der Waals surface area contributed by atoms with Crippen LogP contribution in [0.1, 0.15) is 5.82 Å². The number of anilines is 2. The summed E-state index contributed by atoms with van der Waals surface area (Å²) in [6.45, 7) is 0.499. The van der Waals surface area contributed by atoms with E-state index in [1.807, 2.05) is 17.7 Å². The summed E-state index contributed by atoms with van der Waals surface area (Å²) in [6, 6.07) is 5.80. The van der Waals surface area contributed by atoms with Gasteiger partial charge >= 0.3 is 0 Å². The van der Waals surface area contributed by atoms with Crippen LogP contribution in [-0.2, 0) is 13.6 Å². The molecule has 18 heavy (non-hydrogen) atoms.